The first-order chi connectivity index (χ1) is 10.1. The summed E-state index contributed by atoms with van der Waals surface area (Å²) in [4.78, 5) is 10.7. The van der Waals surface area contributed by atoms with E-state index in [0.717, 1.165) is 36.3 Å². The Morgan fingerprint density at radius 1 is 1.33 bits per heavy atom. The van der Waals surface area contributed by atoms with Gasteiger partial charge in [0.25, 0.3) is 5.69 Å². The molecule has 4 atom stereocenters. The molecule has 1 aromatic carbocycles. The van der Waals surface area contributed by atoms with Gasteiger partial charge in [0.1, 0.15) is 0 Å². The number of nitro groups is 1. The first kappa shape index (κ1) is 14.5. The van der Waals surface area contributed by atoms with Crippen LogP contribution in [0.3, 0.4) is 0 Å². The van der Waals surface area contributed by atoms with Crippen molar-refractivity contribution in [1.29, 1.82) is 0 Å². The van der Waals surface area contributed by atoms with Gasteiger partial charge in [-0.15, -0.1) is 0 Å². The van der Waals surface area contributed by atoms with Crippen LogP contribution in [0.5, 0.6) is 0 Å². The van der Waals surface area contributed by atoms with Crippen LogP contribution in [-0.2, 0) is 6.42 Å². The smallest absolute Gasteiger partial charge is 0.272 e. The average molecular weight is 288 g/mol. The van der Waals surface area contributed by atoms with E-state index in [0.29, 0.717) is 6.04 Å². The van der Waals surface area contributed by atoms with E-state index in [4.69, 9.17) is 0 Å². The maximum Gasteiger partial charge on any atom is 0.272 e. The van der Waals surface area contributed by atoms with E-state index in [1.54, 1.807) is 12.1 Å². The number of rotatable bonds is 6. The third kappa shape index (κ3) is 3.10. The maximum absolute atomic E-state index is 11.0. The van der Waals surface area contributed by atoms with Crippen molar-refractivity contribution in [2.45, 2.75) is 45.1 Å². The zero-order chi connectivity index (χ0) is 14.8. The zero-order valence-electron chi connectivity index (χ0n) is 12.6. The summed E-state index contributed by atoms with van der Waals surface area (Å²) in [6.45, 7) is 3.10. The molecule has 2 saturated carbocycles. The van der Waals surface area contributed by atoms with Crippen molar-refractivity contribution in [2.24, 2.45) is 17.8 Å². The van der Waals surface area contributed by atoms with E-state index in [-0.39, 0.29) is 10.6 Å². The summed E-state index contributed by atoms with van der Waals surface area (Å²) in [6, 6.07) is 7.59. The summed E-state index contributed by atoms with van der Waals surface area (Å²) in [5.74, 6) is 2.71. The molecule has 2 aliphatic carbocycles. The summed E-state index contributed by atoms with van der Waals surface area (Å²) < 4.78 is 0. The van der Waals surface area contributed by atoms with Gasteiger partial charge in [-0.3, -0.25) is 10.1 Å². The molecule has 1 N–H and O–H groups in total. The van der Waals surface area contributed by atoms with E-state index in [1.807, 2.05) is 12.1 Å². The molecular formula is C17H24N2O2. The van der Waals surface area contributed by atoms with E-state index >= 15 is 0 Å². The average Bonchev–Trinajstić information content (AvgIpc) is 3.10. The first-order valence-electron chi connectivity index (χ1n) is 8.11. The Morgan fingerprint density at radius 2 is 2.14 bits per heavy atom. The molecule has 0 spiro atoms. The minimum absolute atomic E-state index is 0.242. The standard InChI is InChI=1S/C17H24N2O2/c1-12(16-11-13-6-7-15(16)10-13)18-9-8-14-4-2-3-5-17(14)19(20)21/h2-5,12-13,15-16,18H,6-11H2,1H3. The fourth-order valence-corrected chi connectivity index (χ4v) is 4.39. The third-order valence-corrected chi connectivity index (χ3v) is 5.48. The van der Waals surface area contributed by atoms with Gasteiger partial charge in [-0.2, -0.15) is 0 Å². The molecule has 1 aromatic rings. The van der Waals surface area contributed by atoms with Crippen LogP contribution in [0.15, 0.2) is 24.3 Å². The summed E-state index contributed by atoms with van der Waals surface area (Å²) in [5.41, 5.74) is 1.07. The highest BCUT2D eigenvalue weighted by atomic mass is 16.6. The van der Waals surface area contributed by atoms with Crippen LogP contribution in [0.4, 0.5) is 5.69 Å². The van der Waals surface area contributed by atoms with Gasteiger partial charge in [-0.05, 0) is 56.9 Å². The Hall–Kier alpha value is -1.42. The Balaban J connectivity index is 1.51. The normalized spacial score (nSPS) is 28.7. The van der Waals surface area contributed by atoms with Gasteiger partial charge >= 0.3 is 0 Å². The van der Waals surface area contributed by atoms with Gasteiger partial charge in [-0.1, -0.05) is 24.6 Å². The number of fused-ring (bicyclic) bond motifs is 2. The van der Waals surface area contributed by atoms with Crippen LogP contribution in [-0.4, -0.2) is 17.5 Å². The molecule has 2 aliphatic rings. The molecule has 0 saturated heterocycles. The quantitative estimate of drug-likeness (QED) is 0.643. The van der Waals surface area contributed by atoms with Crippen LogP contribution in [0, 0.1) is 27.9 Å². The lowest BCUT2D eigenvalue weighted by atomic mass is 9.84. The topological polar surface area (TPSA) is 55.2 Å². The Bertz CT molecular complexity index is 517. The minimum Gasteiger partial charge on any atom is -0.314 e. The van der Waals surface area contributed by atoms with Gasteiger partial charge in [-0.25, -0.2) is 0 Å². The number of hydrogen-bond acceptors (Lipinski definition) is 3. The lowest BCUT2D eigenvalue weighted by Gasteiger charge is -2.28. The second-order valence-corrected chi connectivity index (χ2v) is 6.72. The van der Waals surface area contributed by atoms with Crippen molar-refractivity contribution < 1.29 is 4.92 Å². The van der Waals surface area contributed by atoms with Gasteiger partial charge in [0.15, 0.2) is 0 Å². The molecular weight excluding hydrogens is 264 g/mol. The fraction of sp³-hybridized carbons (Fsp3) is 0.647. The molecule has 4 heteroatoms. The Labute approximate surface area is 126 Å². The lowest BCUT2D eigenvalue weighted by molar-refractivity contribution is -0.385. The second kappa shape index (κ2) is 6.14. The lowest BCUT2D eigenvalue weighted by Crippen LogP contribution is -2.37. The van der Waals surface area contributed by atoms with Crippen molar-refractivity contribution in [2.75, 3.05) is 6.54 Å². The highest BCUT2D eigenvalue weighted by Gasteiger charge is 2.41. The number of hydrogen-bond donors (Lipinski definition) is 1. The molecule has 2 bridgehead atoms. The fourth-order valence-electron chi connectivity index (χ4n) is 4.39. The Morgan fingerprint density at radius 3 is 2.81 bits per heavy atom. The highest BCUT2D eigenvalue weighted by Crippen LogP contribution is 2.49. The van der Waals surface area contributed by atoms with Crippen LogP contribution >= 0.6 is 0 Å². The minimum atomic E-state index is -0.283. The predicted molar refractivity (Wildman–Crippen MR) is 83.2 cm³/mol. The third-order valence-electron chi connectivity index (χ3n) is 5.48. The molecule has 0 aromatic heterocycles. The molecule has 3 rings (SSSR count). The number of para-hydroxylation sites is 1. The first-order valence-corrected chi connectivity index (χ1v) is 8.11. The van der Waals surface area contributed by atoms with Crippen molar-refractivity contribution in [1.82, 2.24) is 5.32 Å². The zero-order valence-corrected chi connectivity index (χ0v) is 12.6. The maximum atomic E-state index is 11.0. The van der Waals surface area contributed by atoms with Crippen LogP contribution in [0.2, 0.25) is 0 Å². The second-order valence-electron chi connectivity index (χ2n) is 6.72. The van der Waals surface area contributed by atoms with Gasteiger partial charge in [0, 0.05) is 17.7 Å². The monoisotopic (exact) mass is 288 g/mol. The van der Waals surface area contributed by atoms with Crippen molar-refractivity contribution in [3.8, 4) is 0 Å². The van der Waals surface area contributed by atoms with E-state index in [9.17, 15) is 10.1 Å². The summed E-state index contributed by atoms with van der Waals surface area (Å²) in [5, 5.41) is 14.6. The van der Waals surface area contributed by atoms with Gasteiger partial charge in [0.2, 0.25) is 0 Å². The summed E-state index contributed by atoms with van der Waals surface area (Å²) in [7, 11) is 0. The van der Waals surface area contributed by atoms with E-state index in [2.05, 4.69) is 12.2 Å². The van der Waals surface area contributed by atoms with Crippen LogP contribution < -0.4 is 5.32 Å². The molecule has 4 unspecified atom stereocenters. The molecule has 2 fully saturated rings. The van der Waals surface area contributed by atoms with E-state index in [1.165, 1.54) is 25.7 Å². The number of benzene rings is 1. The van der Waals surface area contributed by atoms with Crippen molar-refractivity contribution in [3.05, 3.63) is 39.9 Å². The Kier molecular flexibility index (Phi) is 4.24. The van der Waals surface area contributed by atoms with Crippen molar-refractivity contribution in [3.63, 3.8) is 0 Å². The molecule has 21 heavy (non-hydrogen) atoms. The molecule has 0 heterocycles. The largest absolute Gasteiger partial charge is 0.314 e. The molecule has 0 amide bonds. The number of nitrogens with one attached hydrogen (secondary N) is 1. The van der Waals surface area contributed by atoms with Gasteiger partial charge < -0.3 is 5.32 Å². The molecule has 0 radical (unpaired) electrons. The predicted octanol–water partition coefficient (Wildman–Crippen LogP) is 3.55. The SMILES string of the molecule is CC(NCCc1ccccc1[N+](=O)[O-])C1CC2CCC1C2. The van der Waals surface area contributed by atoms with Gasteiger partial charge in [0.05, 0.1) is 4.92 Å². The molecule has 0 aliphatic heterocycles. The summed E-state index contributed by atoms with van der Waals surface area (Å²) in [6.07, 6.45) is 6.38. The number of nitrogens with zero attached hydrogens (tertiary/aromatic N) is 1. The van der Waals surface area contributed by atoms with Crippen LogP contribution in [0.1, 0.15) is 38.2 Å². The van der Waals surface area contributed by atoms with Crippen molar-refractivity contribution >= 4 is 5.69 Å². The van der Waals surface area contributed by atoms with Crippen LogP contribution in [0.25, 0.3) is 0 Å². The number of nitro benzene ring substituents is 1. The summed E-state index contributed by atoms with van der Waals surface area (Å²) >= 11 is 0. The molecule has 4 nitrogen and oxygen atoms in total. The highest BCUT2D eigenvalue weighted by molar-refractivity contribution is 5.39. The van der Waals surface area contributed by atoms with E-state index < -0.39 is 0 Å². The molecule has 114 valence electrons.